The average molecular weight is 424 g/mol. The van der Waals surface area contributed by atoms with Crippen molar-refractivity contribution >= 4 is 29.4 Å². The van der Waals surface area contributed by atoms with Crippen molar-refractivity contribution in [1.82, 2.24) is 5.32 Å². The van der Waals surface area contributed by atoms with Gasteiger partial charge in [-0.25, -0.2) is 9.69 Å². The quantitative estimate of drug-likeness (QED) is 0.485. The predicted molar refractivity (Wildman–Crippen MR) is 107 cm³/mol. The Hall–Kier alpha value is -3.72. The van der Waals surface area contributed by atoms with E-state index in [2.05, 4.69) is 5.32 Å². The highest BCUT2D eigenvalue weighted by molar-refractivity contribution is 6.23. The Morgan fingerprint density at radius 2 is 1.68 bits per heavy atom. The first-order chi connectivity index (χ1) is 14.8. The Morgan fingerprint density at radius 1 is 1.03 bits per heavy atom. The summed E-state index contributed by atoms with van der Waals surface area (Å²) >= 11 is 0. The summed E-state index contributed by atoms with van der Waals surface area (Å²) < 4.78 is 4.93. The van der Waals surface area contributed by atoms with E-state index < -0.39 is 47.7 Å². The zero-order chi connectivity index (χ0) is 22.3. The van der Waals surface area contributed by atoms with Crippen molar-refractivity contribution in [3.05, 3.63) is 59.7 Å². The molecule has 2 aliphatic rings. The van der Waals surface area contributed by atoms with Gasteiger partial charge in [0.05, 0.1) is 29.7 Å². The van der Waals surface area contributed by atoms with E-state index in [4.69, 9.17) is 4.74 Å². The van der Waals surface area contributed by atoms with Crippen molar-refractivity contribution in [2.24, 2.45) is 11.8 Å². The summed E-state index contributed by atoms with van der Waals surface area (Å²) in [6.07, 6.45) is 0. The lowest BCUT2D eigenvalue weighted by atomic mass is 9.86. The number of phenols is 1. The number of benzene rings is 2. The van der Waals surface area contributed by atoms with E-state index >= 15 is 0 Å². The van der Waals surface area contributed by atoms with E-state index in [1.54, 1.807) is 25.1 Å². The molecule has 2 aromatic carbocycles. The lowest BCUT2D eigenvalue weighted by Crippen LogP contribution is -2.43. The number of aliphatic carboxylic acids is 1. The normalized spacial score (nSPS) is 24.9. The highest BCUT2D eigenvalue weighted by Crippen LogP contribution is 2.46. The number of aromatic hydroxyl groups is 1. The highest BCUT2D eigenvalue weighted by atomic mass is 16.5. The molecule has 0 aromatic heterocycles. The number of para-hydroxylation sites is 1. The molecule has 0 saturated carbocycles. The fraction of sp³-hybridized carbons (Fsp3) is 0.273. The largest absolute Gasteiger partial charge is 0.508 e. The molecule has 31 heavy (non-hydrogen) atoms. The van der Waals surface area contributed by atoms with E-state index in [1.165, 1.54) is 30.3 Å². The van der Waals surface area contributed by atoms with Gasteiger partial charge in [-0.2, -0.15) is 0 Å². The van der Waals surface area contributed by atoms with Gasteiger partial charge in [-0.15, -0.1) is 0 Å². The van der Waals surface area contributed by atoms with Crippen molar-refractivity contribution in [1.29, 1.82) is 0 Å². The standard InChI is InChI=1S/C22H20N2O7/c1-2-31-22(30)11-7-9-12(10-8-11)24-19(26)15-16(20(24)27)18(21(28)29)23-17(15)13-5-3-4-6-14(13)25/h3-10,15-18,23,25H,2H2,1H3,(H,28,29)/t15-,16-,17-,18+/m0/s1. The summed E-state index contributed by atoms with van der Waals surface area (Å²) in [7, 11) is 0. The van der Waals surface area contributed by atoms with Gasteiger partial charge < -0.3 is 14.9 Å². The van der Waals surface area contributed by atoms with Crippen LogP contribution in [0, 0.1) is 11.8 Å². The Bertz CT molecular complexity index is 1070. The third kappa shape index (κ3) is 3.32. The molecule has 0 unspecified atom stereocenters. The van der Waals surface area contributed by atoms with Gasteiger partial charge in [-0.1, -0.05) is 18.2 Å². The van der Waals surface area contributed by atoms with E-state index in [9.17, 15) is 29.4 Å². The molecule has 9 nitrogen and oxygen atoms in total. The van der Waals surface area contributed by atoms with Crippen LogP contribution in [0.2, 0.25) is 0 Å². The van der Waals surface area contributed by atoms with Gasteiger partial charge in [-0.3, -0.25) is 19.7 Å². The molecule has 4 rings (SSSR count). The molecule has 2 saturated heterocycles. The van der Waals surface area contributed by atoms with Crippen molar-refractivity contribution in [2.45, 2.75) is 19.0 Å². The number of imide groups is 1. The van der Waals surface area contributed by atoms with Crippen LogP contribution in [0.25, 0.3) is 0 Å². The number of nitrogens with zero attached hydrogens (tertiary/aromatic N) is 1. The van der Waals surface area contributed by atoms with Gasteiger partial charge in [-0.05, 0) is 37.3 Å². The first-order valence-electron chi connectivity index (χ1n) is 9.77. The minimum Gasteiger partial charge on any atom is -0.508 e. The molecule has 0 bridgehead atoms. The molecule has 0 aliphatic carbocycles. The summed E-state index contributed by atoms with van der Waals surface area (Å²) in [4.78, 5) is 51.0. The second-order valence-electron chi connectivity index (χ2n) is 7.35. The Labute approximate surface area is 177 Å². The number of ether oxygens (including phenoxy) is 1. The Balaban J connectivity index is 1.70. The molecular formula is C22H20N2O7. The first-order valence-corrected chi connectivity index (χ1v) is 9.77. The molecule has 9 heteroatoms. The predicted octanol–water partition coefficient (Wildman–Crippen LogP) is 1.47. The molecule has 160 valence electrons. The number of amides is 2. The smallest absolute Gasteiger partial charge is 0.338 e. The molecule has 3 N–H and O–H groups in total. The van der Waals surface area contributed by atoms with Crippen LogP contribution in [0.15, 0.2) is 48.5 Å². The van der Waals surface area contributed by atoms with E-state index in [1.807, 2.05) is 0 Å². The summed E-state index contributed by atoms with van der Waals surface area (Å²) in [5, 5.41) is 22.7. The molecular weight excluding hydrogens is 404 g/mol. The second kappa shape index (κ2) is 7.84. The van der Waals surface area contributed by atoms with Gasteiger partial charge in [0.15, 0.2) is 0 Å². The number of carboxylic acids is 1. The topological polar surface area (TPSA) is 133 Å². The summed E-state index contributed by atoms with van der Waals surface area (Å²) in [5.74, 6) is -5.21. The van der Waals surface area contributed by atoms with Gasteiger partial charge in [0.25, 0.3) is 0 Å². The highest BCUT2D eigenvalue weighted by Gasteiger charge is 2.61. The van der Waals surface area contributed by atoms with Gasteiger partial charge >= 0.3 is 11.9 Å². The number of esters is 1. The molecule has 4 atom stereocenters. The van der Waals surface area contributed by atoms with Gasteiger partial charge in [0.1, 0.15) is 11.8 Å². The monoisotopic (exact) mass is 424 g/mol. The maximum atomic E-state index is 13.3. The first kappa shape index (κ1) is 20.5. The van der Waals surface area contributed by atoms with E-state index in [0.29, 0.717) is 5.56 Å². The van der Waals surface area contributed by atoms with Crippen molar-refractivity contribution in [2.75, 3.05) is 11.5 Å². The minimum absolute atomic E-state index is 0.0951. The third-order valence-electron chi connectivity index (χ3n) is 5.65. The van der Waals surface area contributed by atoms with Gasteiger partial charge in [0.2, 0.25) is 11.8 Å². The van der Waals surface area contributed by atoms with Crippen LogP contribution >= 0.6 is 0 Å². The zero-order valence-corrected chi connectivity index (χ0v) is 16.5. The lowest BCUT2D eigenvalue weighted by Gasteiger charge is -2.22. The van der Waals surface area contributed by atoms with Crippen LogP contribution in [-0.2, 0) is 19.1 Å². The number of carbonyl (C=O) groups is 4. The van der Waals surface area contributed by atoms with Crippen LogP contribution in [0.5, 0.6) is 5.75 Å². The number of carbonyl (C=O) groups excluding carboxylic acids is 3. The Morgan fingerprint density at radius 3 is 2.29 bits per heavy atom. The van der Waals surface area contributed by atoms with Crippen molar-refractivity contribution in [3.8, 4) is 5.75 Å². The van der Waals surface area contributed by atoms with Gasteiger partial charge in [0, 0.05) is 11.6 Å². The molecule has 2 aromatic rings. The zero-order valence-electron chi connectivity index (χ0n) is 16.5. The molecule has 0 spiro atoms. The Kier molecular flexibility index (Phi) is 5.20. The minimum atomic E-state index is -1.28. The van der Waals surface area contributed by atoms with E-state index in [-0.39, 0.29) is 23.6 Å². The molecule has 2 heterocycles. The number of rotatable bonds is 5. The van der Waals surface area contributed by atoms with Crippen LogP contribution in [-0.4, -0.2) is 46.6 Å². The van der Waals surface area contributed by atoms with Crippen LogP contribution in [0.1, 0.15) is 28.9 Å². The third-order valence-corrected chi connectivity index (χ3v) is 5.65. The molecule has 0 radical (unpaired) electrons. The van der Waals surface area contributed by atoms with Crippen LogP contribution in [0.3, 0.4) is 0 Å². The lowest BCUT2D eigenvalue weighted by molar-refractivity contribution is -0.142. The van der Waals surface area contributed by atoms with Crippen molar-refractivity contribution < 1.29 is 34.1 Å². The molecule has 2 aliphatic heterocycles. The maximum Gasteiger partial charge on any atom is 0.338 e. The number of hydrogen-bond donors (Lipinski definition) is 3. The summed E-state index contributed by atoms with van der Waals surface area (Å²) in [6.45, 7) is 1.89. The molecule has 2 amide bonds. The summed E-state index contributed by atoms with van der Waals surface area (Å²) in [6, 6.07) is 9.94. The summed E-state index contributed by atoms with van der Waals surface area (Å²) in [5.41, 5.74) is 0.849. The van der Waals surface area contributed by atoms with Crippen molar-refractivity contribution in [3.63, 3.8) is 0 Å². The number of carboxylic acid groups (broad SMARTS) is 1. The number of phenolic OH excluding ortho intramolecular Hbond substituents is 1. The maximum absolute atomic E-state index is 13.3. The molecule has 2 fully saturated rings. The number of nitrogens with one attached hydrogen (secondary N) is 1. The van der Waals surface area contributed by atoms with Crippen LogP contribution in [0.4, 0.5) is 5.69 Å². The number of fused-ring (bicyclic) bond motifs is 1. The SMILES string of the molecule is CCOC(=O)c1ccc(N2C(=O)[C@H]3[C@H](C2=O)[C@H](c2ccccc2O)N[C@H]3C(=O)O)cc1. The van der Waals surface area contributed by atoms with Crippen LogP contribution < -0.4 is 10.2 Å². The second-order valence-corrected chi connectivity index (χ2v) is 7.35. The van der Waals surface area contributed by atoms with E-state index in [0.717, 1.165) is 4.90 Å². The fourth-order valence-electron chi connectivity index (χ4n) is 4.29. The number of hydrogen-bond acceptors (Lipinski definition) is 7. The fourth-order valence-corrected chi connectivity index (χ4v) is 4.29. The average Bonchev–Trinajstić information content (AvgIpc) is 3.26. The number of anilines is 1.